The fraction of sp³-hybridized carbons (Fsp3) is 0.529. The number of carbonyl (C=O) groups excluding carboxylic acids is 3. The van der Waals surface area contributed by atoms with Crippen LogP contribution in [0.15, 0.2) is 21.7 Å². The number of likely N-dealkylation sites (tertiary alicyclic amines) is 1. The predicted molar refractivity (Wildman–Crippen MR) is 115 cm³/mol. The number of carboxylic acids is 1. The summed E-state index contributed by atoms with van der Waals surface area (Å²) in [5.74, 6) is -3.32. The van der Waals surface area contributed by atoms with E-state index in [4.69, 9.17) is 10.8 Å². The van der Waals surface area contributed by atoms with Gasteiger partial charge in [-0.2, -0.15) is 0 Å². The first-order valence-electron chi connectivity index (χ1n) is 9.25. The van der Waals surface area contributed by atoms with Gasteiger partial charge >= 0.3 is 5.97 Å². The molecule has 2 heterocycles. The topological polar surface area (TPSA) is 176 Å². The number of primary amides is 1. The number of hydrogen-bond donors (Lipinski definition) is 4. The molecule has 172 valence electrons. The van der Waals surface area contributed by atoms with Gasteiger partial charge in [0.05, 0.1) is 11.5 Å². The summed E-state index contributed by atoms with van der Waals surface area (Å²) in [5, 5.41) is 12.8. The average molecular weight is 493 g/mol. The van der Waals surface area contributed by atoms with Crippen molar-refractivity contribution in [2.45, 2.75) is 42.1 Å². The minimum atomic E-state index is -3.77. The summed E-state index contributed by atoms with van der Waals surface area (Å²) < 4.78 is 27.8. The summed E-state index contributed by atoms with van der Waals surface area (Å²) in [4.78, 5) is 48.6. The van der Waals surface area contributed by atoms with Crippen LogP contribution in [0, 0.1) is 0 Å². The van der Waals surface area contributed by atoms with Gasteiger partial charge in [-0.25, -0.2) is 13.1 Å². The molecule has 3 unspecified atom stereocenters. The van der Waals surface area contributed by atoms with E-state index in [0.29, 0.717) is 0 Å². The molecule has 1 fully saturated rings. The van der Waals surface area contributed by atoms with E-state index in [1.54, 1.807) is 11.4 Å². The molecule has 0 saturated carbocycles. The van der Waals surface area contributed by atoms with Crippen molar-refractivity contribution in [3.05, 3.63) is 17.5 Å². The monoisotopic (exact) mass is 492 g/mol. The van der Waals surface area contributed by atoms with Crippen molar-refractivity contribution in [2.75, 3.05) is 18.1 Å². The predicted octanol–water partition coefficient (Wildman–Crippen LogP) is -0.806. The quantitative estimate of drug-likeness (QED) is 0.328. The van der Waals surface area contributed by atoms with E-state index in [2.05, 4.69) is 10.0 Å². The maximum atomic E-state index is 12.8. The third-order valence-corrected chi connectivity index (χ3v) is 8.36. The van der Waals surface area contributed by atoms with E-state index < -0.39 is 51.8 Å². The zero-order valence-electron chi connectivity index (χ0n) is 16.6. The number of nitrogens with two attached hydrogens (primary N) is 1. The minimum absolute atomic E-state index is 0.00272. The normalized spacial score (nSPS) is 20.1. The van der Waals surface area contributed by atoms with Gasteiger partial charge in [0.15, 0.2) is 0 Å². The molecule has 1 aliphatic heterocycles. The zero-order valence-corrected chi connectivity index (χ0v) is 19.1. The Kier molecular flexibility index (Phi) is 8.85. The standard InChI is InChI=1S/C17H24N4O7S3/c1-10(16(18)25)19-17(26)12-7-11(20-31(27,28)15-3-2-6-30-15)4-5-21(12)13(22)8-29-9-14(23)24/h2-3,6,10-12,20H,4-5,7-9H2,1H3,(H2,18,25)(H,19,26)(H,23,24). The Morgan fingerprint density at radius 1 is 1.35 bits per heavy atom. The number of thioether (sulfide) groups is 1. The van der Waals surface area contributed by atoms with Crippen LogP contribution in [0.4, 0.5) is 0 Å². The summed E-state index contributed by atoms with van der Waals surface area (Å²) in [5.41, 5.74) is 5.18. The third kappa shape index (κ3) is 7.19. The van der Waals surface area contributed by atoms with Crippen LogP contribution in [0.1, 0.15) is 19.8 Å². The summed E-state index contributed by atoms with van der Waals surface area (Å²) >= 11 is 1.96. The van der Waals surface area contributed by atoms with Crippen LogP contribution in [0.2, 0.25) is 0 Å². The highest BCUT2D eigenvalue weighted by molar-refractivity contribution is 8.00. The van der Waals surface area contributed by atoms with Crippen LogP contribution in [0.5, 0.6) is 0 Å². The number of thiophene rings is 1. The van der Waals surface area contributed by atoms with Crippen molar-refractivity contribution in [1.29, 1.82) is 0 Å². The van der Waals surface area contributed by atoms with Crippen molar-refractivity contribution in [2.24, 2.45) is 5.73 Å². The second-order valence-corrected chi connectivity index (χ2v) is 10.8. The van der Waals surface area contributed by atoms with Crippen LogP contribution in [-0.2, 0) is 29.2 Å². The fourth-order valence-electron chi connectivity index (χ4n) is 3.00. The number of aliphatic carboxylic acids is 1. The molecule has 0 aliphatic carbocycles. The minimum Gasteiger partial charge on any atom is -0.481 e. The number of amides is 3. The molecule has 1 aromatic heterocycles. The molecule has 0 aromatic carbocycles. The highest BCUT2D eigenvalue weighted by Crippen LogP contribution is 2.23. The molecule has 1 aliphatic rings. The van der Waals surface area contributed by atoms with E-state index in [1.165, 1.54) is 17.9 Å². The number of carboxylic acid groups (broad SMARTS) is 1. The van der Waals surface area contributed by atoms with Crippen LogP contribution in [0.3, 0.4) is 0 Å². The van der Waals surface area contributed by atoms with Gasteiger partial charge < -0.3 is 21.1 Å². The second-order valence-electron chi connectivity index (χ2n) is 6.90. The van der Waals surface area contributed by atoms with Gasteiger partial charge in [-0.3, -0.25) is 19.2 Å². The van der Waals surface area contributed by atoms with E-state index in [9.17, 15) is 27.6 Å². The van der Waals surface area contributed by atoms with Crippen molar-refractivity contribution >= 4 is 56.8 Å². The molecule has 1 saturated heterocycles. The molecule has 2 rings (SSSR count). The van der Waals surface area contributed by atoms with Gasteiger partial charge in [0.2, 0.25) is 27.7 Å². The SMILES string of the molecule is CC(NC(=O)C1CC(NS(=O)(=O)c2cccs2)CCN1C(=O)CSCC(=O)O)C(N)=O. The lowest BCUT2D eigenvalue weighted by Gasteiger charge is -2.39. The molecule has 5 N–H and O–H groups in total. The second kappa shape index (κ2) is 10.9. The van der Waals surface area contributed by atoms with Crippen LogP contribution in [0.25, 0.3) is 0 Å². The summed E-state index contributed by atoms with van der Waals surface area (Å²) in [6.07, 6.45) is 0.270. The number of sulfonamides is 1. The molecule has 1 aromatic rings. The van der Waals surface area contributed by atoms with Crippen molar-refractivity contribution in [3.63, 3.8) is 0 Å². The first-order chi connectivity index (χ1) is 14.5. The first-order valence-corrected chi connectivity index (χ1v) is 12.8. The lowest BCUT2D eigenvalue weighted by molar-refractivity contribution is -0.141. The third-order valence-electron chi connectivity index (χ3n) is 4.54. The molecule has 14 heteroatoms. The van der Waals surface area contributed by atoms with Crippen molar-refractivity contribution in [1.82, 2.24) is 14.9 Å². The average Bonchev–Trinajstić information content (AvgIpc) is 3.23. The Hall–Kier alpha value is -2.16. The Morgan fingerprint density at radius 2 is 2.06 bits per heavy atom. The van der Waals surface area contributed by atoms with E-state index in [1.807, 2.05) is 0 Å². The molecule has 0 bridgehead atoms. The van der Waals surface area contributed by atoms with Gasteiger partial charge in [-0.1, -0.05) is 6.07 Å². The molecule has 3 amide bonds. The fourth-order valence-corrected chi connectivity index (χ4v) is 5.91. The van der Waals surface area contributed by atoms with Crippen molar-refractivity contribution < 1.29 is 32.7 Å². The van der Waals surface area contributed by atoms with Crippen LogP contribution in [-0.4, -0.2) is 78.3 Å². The largest absolute Gasteiger partial charge is 0.481 e. The highest BCUT2D eigenvalue weighted by atomic mass is 32.2. The Labute approximate surface area is 187 Å². The maximum absolute atomic E-state index is 12.8. The molecule has 0 spiro atoms. The van der Waals surface area contributed by atoms with Crippen molar-refractivity contribution in [3.8, 4) is 0 Å². The highest BCUT2D eigenvalue weighted by Gasteiger charge is 2.38. The molecular formula is C17H24N4O7S3. The molecule has 11 nitrogen and oxygen atoms in total. The van der Waals surface area contributed by atoms with Crippen LogP contribution < -0.4 is 15.8 Å². The molecular weight excluding hydrogens is 468 g/mol. The number of rotatable bonds is 10. The summed E-state index contributed by atoms with van der Waals surface area (Å²) in [6.45, 7) is 1.49. The Balaban J connectivity index is 2.14. The number of nitrogens with one attached hydrogen (secondary N) is 2. The smallest absolute Gasteiger partial charge is 0.313 e. The lowest BCUT2D eigenvalue weighted by atomic mass is 9.97. The Bertz CT molecular complexity index is 920. The van der Waals surface area contributed by atoms with Gasteiger partial charge in [-0.05, 0) is 31.2 Å². The van der Waals surface area contributed by atoms with Gasteiger partial charge in [-0.15, -0.1) is 23.1 Å². The summed E-state index contributed by atoms with van der Waals surface area (Å²) in [7, 11) is -3.77. The number of carbonyl (C=O) groups is 4. The van der Waals surface area contributed by atoms with E-state index in [-0.39, 0.29) is 35.1 Å². The lowest BCUT2D eigenvalue weighted by Crippen LogP contribution is -2.59. The number of nitrogens with zero attached hydrogens (tertiary/aromatic N) is 1. The van der Waals surface area contributed by atoms with Gasteiger partial charge in [0, 0.05) is 12.6 Å². The zero-order chi connectivity index (χ0) is 23.2. The van der Waals surface area contributed by atoms with Gasteiger partial charge in [0.25, 0.3) is 0 Å². The van der Waals surface area contributed by atoms with E-state index in [0.717, 1.165) is 23.1 Å². The molecule has 31 heavy (non-hydrogen) atoms. The maximum Gasteiger partial charge on any atom is 0.313 e. The van der Waals surface area contributed by atoms with Gasteiger partial charge in [0.1, 0.15) is 16.3 Å². The summed E-state index contributed by atoms with van der Waals surface area (Å²) in [6, 6.07) is 0.446. The van der Waals surface area contributed by atoms with E-state index >= 15 is 0 Å². The number of piperidine rings is 1. The molecule has 3 atom stereocenters. The number of hydrogen-bond acceptors (Lipinski definition) is 8. The molecule has 0 radical (unpaired) electrons. The Morgan fingerprint density at radius 3 is 2.65 bits per heavy atom. The first kappa shape index (κ1) is 25.1. The van der Waals surface area contributed by atoms with Crippen LogP contribution >= 0.6 is 23.1 Å².